The molecule has 0 aromatic rings. The van der Waals surface area contributed by atoms with Gasteiger partial charge in [-0.1, -0.05) is 26.0 Å². The molecule has 5 atom stereocenters. The van der Waals surface area contributed by atoms with Crippen LogP contribution in [0.2, 0.25) is 0 Å². The molecule has 2 aliphatic carbocycles. The smallest absolute Gasteiger partial charge is 0.0768 e. The quantitative estimate of drug-likeness (QED) is 0.700. The number of hydrogen-bond donors (Lipinski definition) is 1. The minimum absolute atomic E-state index is 0.350. The van der Waals surface area contributed by atoms with E-state index in [0.29, 0.717) is 36.5 Å². The van der Waals surface area contributed by atoms with E-state index in [1.54, 1.807) is 0 Å². The van der Waals surface area contributed by atoms with Gasteiger partial charge >= 0.3 is 0 Å². The maximum atomic E-state index is 6.03. The van der Waals surface area contributed by atoms with Crippen LogP contribution in [0.3, 0.4) is 0 Å². The molecule has 1 N–H and O–H groups in total. The number of nitrogens with one attached hydrogen (secondary N) is 1. The zero-order valence-corrected chi connectivity index (χ0v) is 11.8. The van der Waals surface area contributed by atoms with Gasteiger partial charge in [-0.15, -0.1) is 13.2 Å². The lowest BCUT2D eigenvalue weighted by molar-refractivity contribution is -0.00146. The molecule has 0 radical (unpaired) electrons. The van der Waals surface area contributed by atoms with Crippen molar-refractivity contribution in [3.8, 4) is 0 Å². The van der Waals surface area contributed by atoms with E-state index >= 15 is 0 Å². The molecule has 0 aromatic carbocycles. The number of rotatable bonds is 7. The first-order valence-corrected chi connectivity index (χ1v) is 7.25. The molecule has 102 valence electrons. The molecule has 2 rings (SSSR count). The third kappa shape index (κ3) is 2.70. The first-order valence-electron chi connectivity index (χ1n) is 7.25. The Hall–Kier alpha value is -0.600. The Morgan fingerprint density at radius 2 is 2.11 bits per heavy atom. The van der Waals surface area contributed by atoms with E-state index < -0.39 is 0 Å². The molecule has 2 fully saturated rings. The highest BCUT2D eigenvalue weighted by molar-refractivity contribution is 5.09. The number of ether oxygens (including phenoxy) is 1. The minimum Gasteiger partial charge on any atom is -0.372 e. The largest absolute Gasteiger partial charge is 0.372 e. The summed E-state index contributed by atoms with van der Waals surface area (Å²) in [6.07, 6.45) is 6.93. The summed E-state index contributed by atoms with van der Waals surface area (Å²) in [4.78, 5) is 0. The van der Waals surface area contributed by atoms with E-state index in [-0.39, 0.29) is 0 Å². The van der Waals surface area contributed by atoms with Gasteiger partial charge in [0.25, 0.3) is 0 Å². The van der Waals surface area contributed by atoms with Crippen LogP contribution in [0.15, 0.2) is 25.3 Å². The van der Waals surface area contributed by atoms with Crippen LogP contribution in [-0.4, -0.2) is 25.3 Å². The summed E-state index contributed by atoms with van der Waals surface area (Å²) in [5, 5.41) is 3.72. The van der Waals surface area contributed by atoms with E-state index in [4.69, 9.17) is 4.74 Å². The Kier molecular flexibility index (Phi) is 4.63. The van der Waals surface area contributed by atoms with Gasteiger partial charge in [-0.25, -0.2) is 0 Å². The second-order valence-electron chi connectivity index (χ2n) is 6.21. The van der Waals surface area contributed by atoms with Crippen LogP contribution in [0.1, 0.15) is 26.7 Å². The second kappa shape index (κ2) is 6.03. The predicted octanol–water partition coefficient (Wildman–Crippen LogP) is 3.01. The lowest BCUT2D eigenvalue weighted by Gasteiger charge is -2.35. The van der Waals surface area contributed by atoms with Crippen molar-refractivity contribution in [1.82, 2.24) is 5.32 Å². The average Bonchev–Trinajstić information content (AvgIpc) is 2.90. The Morgan fingerprint density at radius 3 is 2.72 bits per heavy atom. The van der Waals surface area contributed by atoms with Crippen LogP contribution in [0, 0.1) is 23.7 Å². The molecule has 0 spiro atoms. The fraction of sp³-hybridized carbons (Fsp3) is 0.750. The standard InChI is InChI=1S/C16H27NO/c1-5-7-18-16-14-9-13(8-12(14)6-2)15(16)17-10-11(3)4/h5-6,11-17H,1-2,7-10H2,3-4H3. The van der Waals surface area contributed by atoms with Gasteiger partial charge in [0.2, 0.25) is 0 Å². The topological polar surface area (TPSA) is 21.3 Å². The van der Waals surface area contributed by atoms with E-state index in [2.05, 4.69) is 38.4 Å². The highest BCUT2D eigenvalue weighted by Gasteiger charge is 2.52. The predicted molar refractivity (Wildman–Crippen MR) is 76.5 cm³/mol. The van der Waals surface area contributed by atoms with Crippen LogP contribution < -0.4 is 5.32 Å². The van der Waals surface area contributed by atoms with Crippen molar-refractivity contribution in [2.75, 3.05) is 13.2 Å². The first kappa shape index (κ1) is 13.8. The van der Waals surface area contributed by atoms with Gasteiger partial charge in [0.15, 0.2) is 0 Å². The van der Waals surface area contributed by atoms with Gasteiger partial charge in [0.05, 0.1) is 12.7 Å². The van der Waals surface area contributed by atoms with Crippen molar-refractivity contribution in [3.05, 3.63) is 25.3 Å². The van der Waals surface area contributed by atoms with Crippen molar-refractivity contribution in [2.24, 2.45) is 23.7 Å². The third-order valence-electron chi connectivity index (χ3n) is 4.45. The Balaban J connectivity index is 1.99. The molecule has 0 aliphatic heterocycles. The van der Waals surface area contributed by atoms with Crippen LogP contribution in [0.5, 0.6) is 0 Å². The fourth-order valence-corrected chi connectivity index (χ4v) is 3.68. The molecule has 5 unspecified atom stereocenters. The molecule has 2 nitrogen and oxygen atoms in total. The maximum absolute atomic E-state index is 6.03. The van der Waals surface area contributed by atoms with Gasteiger partial charge < -0.3 is 10.1 Å². The van der Waals surface area contributed by atoms with Crippen LogP contribution in [-0.2, 0) is 4.74 Å². The van der Waals surface area contributed by atoms with Gasteiger partial charge in [-0.2, -0.15) is 0 Å². The monoisotopic (exact) mass is 249 g/mol. The normalized spacial score (nSPS) is 38.3. The summed E-state index contributed by atoms with van der Waals surface area (Å²) in [5.74, 6) is 2.78. The van der Waals surface area contributed by atoms with Crippen molar-refractivity contribution < 1.29 is 4.74 Å². The van der Waals surface area contributed by atoms with Crippen LogP contribution in [0.25, 0.3) is 0 Å². The lowest BCUT2D eigenvalue weighted by atomic mass is 9.83. The van der Waals surface area contributed by atoms with Crippen molar-refractivity contribution >= 4 is 0 Å². The van der Waals surface area contributed by atoms with Gasteiger partial charge in [0, 0.05) is 6.04 Å². The SMILES string of the molecule is C=CCOC1C2CC(CC2C=C)C1NCC(C)C. The number of hydrogen-bond acceptors (Lipinski definition) is 2. The van der Waals surface area contributed by atoms with Crippen molar-refractivity contribution in [2.45, 2.75) is 38.8 Å². The Labute approximate surface area is 111 Å². The zero-order chi connectivity index (χ0) is 13.1. The molecule has 0 aromatic heterocycles. The van der Waals surface area contributed by atoms with Gasteiger partial charge in [-0.3, -0.25) is 0 Å². The summed E-state index contributed by atoms with van der Waals surface area (Å²) < 4.78 is 6.03. The molecular formula is C16H27NO. The summed E-state index contributed by atoms with van der Waals surface area (Å²) in [7, 11) is 0. The molecule has 2 aliphatic rings. The average molecular weight is 249 g/mol. The summed E-state index contributed by atoms with van der Waals surface area (Å²) in [5.41, 5.74) is 0. The molecule has 0 heterocycles. The first-order chi connectivity index (χ1) is 8.67. The summed E-state index contributed by atoms with van der Waals surface area (Å²) in [6.45, 7) is 14.0. The van der Waals surface area contributed by atoms with Crippen molar-refractivity contribution in [3.63, 3.8) is 0 Å². The van der Waals surface area contributed by atoms with Crippen LogP contribution in [0.4, 0.5) is 0 Å². The van der Waals surface area contributed by atoms with Crippen LogP contribution >= 0.6 is 0 Å². The summed E-state index contributed by atoms with van der Waals surface area (Å²) >= 11 is 0. The van der Waals surface area contributed by atoms with E-state index in [9.17, 15) is 0 Å². The fourth-order valence-electron chi connectivity index (χ4n) is 3.68. The van der Waals surface area contributed by atoms with Gasteiger partial charge in [-0.05, 0) is 43.1 Å². The molecule has 18 heavy (non-hydrogen) atoms. The Bertz CT molecular complexity index is 299. The van der Waals surface area contributed by atoms with E-state index in [0.717, 1.165) is 12.5 Å². The third-order valence-corrected chi connectivity index (χ3v) is 4.45. The lowest BCUT2D eigenvalue weighted by Crippen LogP contribution is -2.48. The van der Waals surface area contributed by atoms with Crippen molar-refractivity contribution in [1.29, 1.82) is 0 Å². The zero-order valence-electron chi connectivity index (χ0n) is 11.8. The molecule has 2 heteroatoms. The Morgan fingerprint density at radius 1 is 1.33 bits per heavy atom. The summed E-state index contributed by atoms with van der Waals surface area (Å²) in [6, 6.07) is 0.536. The van der Waals surface area contributed by atoms with Gasteiger partial charge in [0.1, 0.15) is 0 Å². The number of allylic oxidation sites excluding steroid dienone is 1. The second-order valence-corrected chi connectivity index (χ2v) is 6.21. The molecule has 2 bridgehead atoms. The highest BCUT2D eigenvalue weighted by atomic mass is 16.5. The molecular weight excluding hydrogens is 222 g/mol. The van der Waals surface area contributed by atoms with E-state index in [1.807, 2.05) is 6.08 Å². The maximum Gasteiger partial charge on any atom is 0.0768 e. The molecule has 2 saturated carbocycles. The minimum atomic E-state index is 0.350. The molecule has 0 saturated heterocycles. The molecule has 0 amide bonds. The number of fused-ring (bicyclic) bond motifs is 2. The highest BCUT2D eigenvalue weighted by Crippen LogP contribution is 2.50. The van der Waals surface area contributed by atoms with E-state index in [1.165, 1.54) is 12.8 Å².